The maximum atomic E-state index is 9.57. The Balaban J connectivity index is 1.89. The number of ether oxygens (including phenoxy) is 1. The topological polar surface area (TPSA) is 89.5 Å². The maximum Gasteiger partial charge on any atom is 0.198 e. The largest absolute Gasteiger partial charge is 0.485 e. The fourth-order valence-corrected chi connectivity index (χ4v) is 4.00. The Morgan fingerprint density at radius 3 is 2.65 bits per heavy atom. The first kappa shape index (κ1) is 22.5. The quantitative estimate of drug-likeness (QED) is 0.466. The summed E-state index contributed by atoms with van der Waals surface area (Å²) in [6.45, 7) is 14.7. The minimum Gasteiger partial charge on any atom is -0.485 e. The lowest BCUT2D eigenvalue weighted by molar-refractivity contribution is 0.285. The lowest BCUT2D eigenvalue weighted by Gasteiger charge is -2.15. The molecule has 0 spiro atoms. The summed E-state index contributed by atoms with van der Waals surface area (Å²) in [5.41, 5.74) is 4.35. The van der Waals surface area contributed by atoms with E-state index in [2.05, 4.69) is 59.0 Å². The van der Waals surface area contributed by atoms with Crippen molar-refractivity contribution in [2.45, 2.75) is 63.9 Å². The average Bonchev–Trinajstić information content (AvgIpc) is 3.11. The van der Waals surface area contributed by atoms with Gasteiger partial charge in [-0.25, -0.2) is 0 Å². The molecule has 8 heteroatoms. The molecule has 0 radical (unpaired) electrons. The van der Waals surface area contributed by atoms with Gasteiger partial charge in [-0.1, -0.05) is 32.1 Å². The second kappa shape index (κ2) is 9.75. The second-order valence-corrected chi connectivity index (χ2v) is 8.54. The lowest BCUT2D eigenvalue weighted by atomic mass is 10.0. The molecule has 3 aromatic rings. The van der Waals surface area contributed by atoms with Crippen LogP contribution >= 0.6 is 11.8 Å². The molecule has 0 unspecified atom stereocenters. The van der Waals surface area contributed by atoms with Crippen molar-refractivity contribution < 1.29 is 4.74 Å². The van der Waals surface area contributed by atoms with E-state index < -0.39 is 0 Å². The van der Waals surface area contributed by atoms with Crippen LogP contribution in [0.4, 0.5) is 0 Å². The summed E-state index contributed by atoms with van der Waals surface area (Å²) in [5, 5.41) is 27.7. The second-order valence-electron chi connectivity index (χ2n) is 7.59. The summed E-state index contributed by atoms with van der Waals surface area (Å²) < 4.78 is 8.07. The molecule has 0 N–H and O–H groups in total. The number of benzene rings is 1. The van der Waals surface area contributed by atoms with Crippen LogP contribution in [0.3, 0.4) is 0 Å². The summed E-state index contributed by atoms with van der Waals surface area (Å²) in [7, 11) is 0. The van der Waals surface area contributed by atoms with E-state index >= 15 is 0 Å². The van der Waals surface area contributed by atoms with Gasteiger partial charge in [-0.3, -0.25) is 4.57 Å². The van der Waals surface area contributed by atoms with E-state index in [0.717, 1.165) is 28.1 Å². The number of allylic oxidation sites excluding steroid dienone is 1. The molecular weight excluding hydrogens is 408 g/mol. The zero-order valence-corrected chi connectivity index (χ0v) is 19.3. The fraction of sp³-hybridized carbons (Fsp3) is 0.348. The Labute approximate surface area is 187 Å². The normalized spacial score (nSPS) is 10.9. The molecule has 2 aromatic heterocycles. The standard InChI is InChI=1S/C23H26N6OS/c1-7-10-29-21(13-30-20-11-15(4)8-9-18(20)14(2)3)26-28-23(29)31-22-19(12-24)16(5)17(6)25-27-22/h7-9,11,14H,1,10,13H2,2-6H3. The van der Waals surface area contributed by atoms with E-state index in [1.165, 1.54) is 11.8 Å². The van der Waals surface area contributed by atoms with Gasteiger partial charge in [-0.2, -0.15) is 10.4 Å². The van der Waals surface area contributed by atoms with Crippen LogP contribution in [0.5, 0.6) is 5.75 Å². The smallest absolute Gasteiger partial charge is 0.198 e. The summed E-state index contributed by atoms with van der Waals surface area (Å²) in [6, 6.07) is 8.47. The molecule has 0 aliphatic carbocycles. The molecule has 0 bridgehead atoms. The third kappa shape index (κ3) is 4.94. The number of aryl methyl sites for hydroxylation is 2. The molecule has 31 heavy (non-hydrogen) atoms. The SMILES string of the molecule is C=CCn1c(COc2cc(C)ccc2C(C)C)nnc1Sc1nnc(C)c(C)c1C#N. The summed E-state index contributed by atoms with van der Waals surface area (Å²) in [6.07, 6.45) is 1.78. The Morgan fingerprint density at radius 1 is 1.19 bits per heavy atom. The highest BCUT2D eigenvalue weighted by Gasteiger charge is 2.19. The van der Waals surface area contributed by atoms with Gasteiger partial charge in [0.2, 0.25) is 0 Å². The van der Waals surface area contributed by atoms with Crippen LogP contribution in [0.15, 0.2) is 41.0 Å². The van der Waals surface area contributed by atoms with Gasteiger partial charge in [0.15, 0.2) is 11.0 Å². The highest BCUT2D eigenvalue weighted by atomic mass is 32.2. The molecule has 2 heterocycles. The van der Waals surface area contributed by atoms with Gasteiger partial charge in [0, 0.05) is 6.54 Å². The van der Waals surface area contributed by atoms with Crippen molar-refractivity contribution >= 4 is 11.8 Å². The Bertz CT molecular complexity index is 1150. The average molecular weight is 435 g/mol. The Hall–Kier alpha value is -3.18. The number of nitriles is 1. The number of aromatic nitrogens is 5. The van der Waals surface area contributed by atoms with Crippen LogP contribution in [0.2, 0.25) is 0 Å². The van der Waals surface area contributed by atoms with E-state index in [4.69, 9.17) is 4.74 Å². The zero-order chi connectivity index (χ0) is 22.5. The lowest BCUT2D eigenvalue weighted by Crippen LogP contribution is -2.09. The van der Waals surface area contributed by atoms with E-state index in [1.807, 2.05) is 31.4 Å². The molecule has 160 valence electrons. The Morgan fingerprint density at radius 2 is 1.97 bits per heavy atom. The highest BCUT2D eigenvalue weighted by Crippen LogP contribution is 2.31. The van der Waals surface area contributed by atoms with Crippen molar-refractivity contribution in [3.8, 4) is 11.8 Å². The Kier molecular flexibility index (Phi) is 7.08. The minimum atomic E-state index is 0.272. The number of hydrogen-bond acceptors (Lipinski definition) is 7. The molecule has 0 aliphatic heterocycles. The highest BCUT2D eigenvalue weighted by molar-refractivity contribution is 7.99. The van der Waals surface area contributed by atoms with Crippen molar-refractivity contribution in [2.75, 3.05) is 0 Å². The maximum absolute atomic E-state index is 9.57. The summed E-state index contributed by atoms with van der Waals surface area (Å²) >= 11 is 1.27. The third-order valence-corrected chi connectivity index (χ3v) is 5.94. The first-order valence-electron chi connectivity index (χ1n) is 10.0. The van der Waals surface area contributed by atoms with Crippen LogP contribution in [-0.4, -0.2) is 25.0 Å². The molecule has 0 fully saturated rings. The van der Waals surface area contributed by atoms with Gasteiger partial charge in [0.1, 0.15) is 23.5 Å². The van der Waals surface area contributed by atoms with Gasteiger partial charge in [-0.05, 0) is 61.2 Å². The third-order valence-electron chi connectivity index (χ3n) is 4.98. The molecule has 7 nitrogen and oxygen atoms in total. The molecular formula is C23H26N6OS. The van der Waals surface area contributed by atoms with Gasteiger partial charge >= 0.3 is 0 Å². The molecule has 0 saturated carbocycles. The van der Waals surface area contributed by atoms with Gasteiger partial charge in [-0.15, -0.1) is 21.9 Å². The van der Waals surface area contributed by atoms with E-state index in [9.17, 15) is 5.26 Å². The molecule has 0 amide bonds. The van der Waals surface area contributed by atoms with Crippen molar-refractivity contribution in [1.82, 2.24) is 25.0 Å². The molecule has 3 rings (SSSR count). The van der Waals surface area contributed by atoms with E-state index in [0.29, 0.717) is 34.0 Å². The number of rotatable bonds is 8. The monoisotopic (exact) mass is 434 g/mol. The van der Waals surface area contributed by atoms with Gasteiger partial charge < -0.3 is 4.74 Å². The summed E-state index contributed by atoms with van der Waals surface area (Å²) in [4.78, 5) is 0. The van der Waals surface area contributed by atoms with Crippen molar-refractivity contribution in [1.29, 1.82) is 5.26 Å². The zero-order valence-electron chi connectivity index (χ0n) is 18.5. The van der Waals surface area contributed by atoms with E-state index in [1.54, 1.807) is 6.08 Å². The van der Waals surface area contributed by atoms with Crippen LogP contribution in [0, 0.1) is 32.1 Å². The van der Waals surface area contributed by atoms with Crippen molar-refractivity contribution in [2.24, 2.45) is 0 Å². The molecule has 0 saturated heterocycles. The first-order chi connectivity index (χ1) is 14.8. The van der Waals surface area contributed by atoms with Crippen LogP contribution in [-0.2, 0) is 13.2 Å². The van der Waals surface area contributed by atoms with Crippen LogP contribution < -0.4 is 4.74 Å². The molecule has 1 aromatic carbocycles. The molecule has 0 atom stereocenters. The minimum absolute atomic E-state index is 0.272. The van der Waals surface area contributed by atoms with Crippen molar-refractivity contribution in [3.05, 3.63) is 64.6 Å². The van der Waals surface area contributed by atoms with E-state index in [-0.39, 0.29) is 6.61 Å². The fourth-order valence-electron chi connectivity index (χ4n) is 3.08. The van der Waals surface area contributed by atoms with Gasteiger partial charge in [0.05, 0.1) is 11.3 Å². The molecule has 0 aliphatic rings. The van der Waals surface area contributed by atoms with Gasteiger partial charge in [0.25, 0.3) is 0 Å². The predicted octanol–water partition coefficient (Wildman–Crippen LogP) is 4.90. The summed E-state index contributed by atoms with van der Waals surface area (Å²) in [5.74, 6) is 1.87. The van der Waals surface area contributed by atoms with Crippen molar-refractivity contribution in [3.63, 3.8) is 0 Å². The predicted molar refractivity (Wildman–Crippen MR) is 120 cm³/mol. The number of hydrogen-bond donors (Lipinski definition) is 0. The van der Waals surface area contributed by atoms with Crippen LogP contribution in [0.1, 0.15) is 53.5 Å². The van der Waals surface area contributed by atoms with Crippen LogP contribution in [0.25, 0.3) is 0 Å². The number of nitrogens with zero attached hydrogens (tertiary/aromatic N) is 6. The first-order valence-corrected chi connectivity index (χ1v) is 10.9.